The molecule has 1 aromatic rings. The number of piperidine rings is 1. The van der Waals surface area contributed by atoms with Crippen molar-refractivity contribution in [2.75, 3.05) is 25.1 Å². The Labute approximate surface area is 104 Å². The van der Waals surface area contributed by atoms with E-state index in [4.69, 9.17) is 10.5 Å². The van der Waals surface area contributed by atoms with Gasteiger partial charge in [-0.1, -0.05) is 6.07 Å². The predicted molar refractivity (Wildman–Crippen MR) is 71.3 cm³/mol. The number of benzene rings is 1. The number of anilines is 1. The molecule has 1 unspecified atom stereocenters. The Bertz CT molecular complexity index is 378. The monoisotopic (exact) mass is 234 g/mol. The van der Waals surface area contributed by atoms with E-state index in [1.165, 1.54) is 29.7 Å². The summed E-state index contributed by atoms with van der Waals surface area (Å²) in [7, 11) is 1.80. The first-order valence-electron chi connectivity index (χ1n) is 6.32. The van der Waals surface area contributed by atoms with E-state index < -0.39 is 0 Å². The van der Waals surface area contributed by atoms with Crippen molar-refractivity contribution in [1.82, 2.24) is 0 Å². The van der Waals surface area contributed by atoms with Crippen LogP contribution in [0.2, 0.25) is 0 Å². The Kier molecular flexibility index (Phi) is 4.02. The van der Waals surface area contributed by atoms with Crippen LogP contribution in [0.3, 0.4) is 0 Å². The Hall–Kier alpha value is -1.06. The van der Waals surface area contributed by atoms with Crippen LogP contribution in [0.15, 0.2) is 18.2 Å². The molecule has 17 heavy (non-hydrogen) atoms. The number of nitrogens with zero attached hydrogens (tertiary/aromatic N) is 1. The normalized spacial score (nSPS) is 20.6. The second kappa shape index (κ2) is 5.52. The number of aryl methyl sites for hydroxylation is 1. The minimum atomic E-state index is 0.373. The molecule has 0 radical (unpaired) electrons. The first kappa shape index (κ1) is 12.4. The number of hydrogen-bond acceptors (Lipinski definition) is 3. The third kappa shape index (κ3) is 2.79. The van der Waals surface area contributed by atoms with Crippen LogP contribution in [-0.2, 0) is 11.3 Å². The zero-order valence-corrected chi connectivity index (χ0v) is 10.8. The maximum Gasteiger partial charge on any atom is 0.0746 e. The summed E-state index contributed by atoms with van der Waals surface area (Å²) in [5.41, 5.74) is 9.49. The van der Waals surface area contributed by atoms with Crippen LogP contribution in [-0.4, -0.2) is 26.3 Å². The zero-order chi connectivity index (χ0) is 12.3. The Morgan fingerprint density at radius 2 is 2.29 bits per heavy atom. The molecule has 1 heterocycles. The Morgan fingerprint density at radius 3 is 2.94 bits per heavy atom. The molecule has 0 spiro atoms. The summed E-state index contributed by atoms with van der Waals surface area (Å²) in [5.74, 6) is 0. The molecule has 1 aromatic carbocycles. The molecule has 1 aliphatic heterocycles. The highest BCUT2D eigenvalue weighted by Crippen LogP contribution is 2.23. The van der Waals surface area contributed by atoms with Gasteiger partial charge in [-0.15, -0.1) is 0 Å². The maximum atomic E-state index is 5.69. The fraction of sp³-hybridized carbons (Fsp3) is 0.571. The summed E-state index contributed by atoms with van der Waals surface area (Å²) < 4.78 is 5.46. The standard InChI is InChI=1S/C14H22N2O/c1-11-8-13(6-5-12(11)9-15)16-7-3-4-14(10-16)17-2/h5-6,8,14H,3-4,7,9-10,15H2,1-2H3. The number of ether oxygens (including phenoxy) is 1. The topological polar surface area (TPSA) is 38.5 Å². The van der Waals surface area contributed by atoms with Crippen molar-refractivity contribution in [3.05, 3.63) is 29.3 Å². The van der Waals surface area contributed by atoms with E-state index in [9.17, 15) is 0 Å². The number of methoxy groups -OCH3 is 1. The highest BCUT2D eigenvalue weighted by molar-refractivity contribution is 5.51. The molecular weight excluding hydrogens is 212 g/mol. The van der Waals surface area contributed by atoms with Gasteiger partial charge in [0.15, 0.2) is 0 Å². The summed E-state index contributed by atoms with van der Waals surface area (Å²) in [6.45, 7) is 4.87. The third-order valence-corrected chi connectivity index (χ3v) is 3.62. The molecule has 1 aliphatic rings. The number of hydrogen-bond donors (Lipinski definition) is 1. The second-order valence-electron chi connectivity index (χ2n) is 4.76. The maximum absolute atomic E-state index is 5.69. The van der Waals surface area contributed by atoms with Gasteiger partial charge in [0.1, 0.15) is 0 Å². The second-order valence-corrected chi connectivity index (χ2v) is 4.76. The molecule has 0 aliphatic carbocycles. The van der Waals surface area contributed by atoms with E-state index in [1.54, 1.807) is 7.11 Å². The fourth-order valence-electron chi connectivity index (χ4n) is 2.47. The summed E-state index contributed by atoms with van der Waals surface area (Å²) in [6.07, 6.45) is 2.75. The summed E-state index contributed by atoms with van der Waals surface area (Å²) >= 11 is 0. The molecule has 3 heteroatoms. The highest BCUT2D eigenvalue weighted by atomic mass is 16.5. The summed E-state index contributed by atoms with van der Waals surface area (Å²) in [5, 5.41) is 0. The van der Waals surface area contributed by atoms with Gasteiger partial charge >= 0.3 is 0 Å². The highest BCUT2D eigenvalue weighted by Gasteiger charge is 2.19. The molecule has 2 N–H and O–H groups in total. The SMILES string of the molecule is COC1CCCN(c2ccc(CN)c(C)c2)C1. The van der Waals surface area contributed by atoms with Crippen LogP contribution in [0.5, 0.6) is 0 Å². The first-order chi connectivity index (χ1) is 8.24. The van der Waals surface area contributed by atoms with Crippen molar-refractivity contribution < 1.29 is 4.74 Å². The van der Waals surface area contributed by atoms with Crippen LogP contribution < -0.4 is 10.6 Å². The van der Waals surface area contributed by atoms with Crippen LogP contribution in [0, 0.1) is 6.92 Å². The van der Waals surface area contributed by atoms with E-state index in [0.29, 0.717) is 12.6 Å². The molecule has 3 nitrogen and oxygen atoms in total. The lowest BCUT2D eigenvalue weighted by atomic mass is 10.0. The Morgan fingerprint density at radius 1 is 1.47 bits per heavy atom. The van der Waals surface area contributed by atoms with Gasteiger partial charge in [-0.2, -0.15) is 0 Å². The third-order valence-electron chi connectivity index (χ3n) is 3.62. The van der Waals surface area contributed by atoms with Gasteiger partial charge in [-0.25, -0.2) is 0 Å². The molecule has 2 rings (SSSR count). The first-order valence-corrected chi connectivity index (χ1v) is 6.32. The molecule has 0 saturated carbocycles. The molecule has 1 atom stereocenters. The van der Waals surface area contributed by atoms with Gasteiger partial charge in [0.05, 0.1) is 6.10 Å². The molecule has 0 amide bonds. The van der Waals surface area contributed by atoms with E-state index in [-0.39, 0.29) is 0 Å². The van der Waals surface area contributed by atoms with Crippen molar-refractivity contribution in [3.8, 4) is 0 Å². The van der Waals surface area contributed by atoms with Crippen LogP contribution in [0.4, 0.5) is 5.69 Å². The van der Waals surface area contributed by atoms with Crippen LogP contribution in [0.1, 0.15) is 24.0 Å². The van der Waals surface area contributed by atoms with Crippen LogP contribution in [0.25, 0.3) is 0 Å². The van der Waals surface area contributed by atoms with E-state index >= 15 is 0 Å². The van der Waals surface area contributed by atoms with Gasteiger partial charge in [0.25, 0.3) is 0 Å². The molecule has 0 bridgehead atoms. The van der Waals surface area contributed by atoms with Gasteiger partial charge in [0.2, 0.25) is 0 Å². The average Bonchev–Trinajstić information content (AvgIpc) is 2.38. The number of nitrogens with two attached hydrogens (primary N) is 1. The lowest BCUT2D eigenvalue weighted by Gasteiger charge is -2.34. The minimum absolute atomic E-state index is 0.373. The summed E-state index contributed by atoms with van der Waals surface area (Å²) in [4.78, 5) is 2.41. The van der Waals surface area contributed by atoms with Crippen LogP contribution >= 0.6 is 0 Å². The minimum Gasteiger partial charge on any atom is -0.380 e. The molecule has 1 fully saturated rings. The lowest BCUT2D eigenvalue weighted by molar-refractivity contribution is 0.0893. The van der Waals surface area contributed by atoms with Crippen molar-refractivity contribution in [3.63, 3.8) is 0 Å². The Balaban J connectivity index is 2.13. The van der Waals surface area contributed by atoms with Gasteiger partial charge in [-0.05, 0) is 43.0 Å². The molecule has 0 aromatic heterocycles. The van der Waals surface area contributed by atoms with E-state index in [2.05, 4.69) is 30.0 Å². The van der Waals surface area contributed by atoms with Gasteiger partial charge in [-0.3, -0.25) is 0 Å². The lowest BCUT2D eigenvalue weighted by Crippen LogP contribution is -2.39. The zero-order valence-electron chi connectivity index (χ0n) is 10.8. The quantitative estimate of drug-likeness (QED) is 0.870. The van der Waals surface area contributed by atoms with Crippen molar-refractivity contribution in [1.29, 1.82) is 0 Å². The van der Waals surface area contributed by atoms with Crippen molar-refractivity contribution in [2.24, 2.45) is 5.73 Å². The van der Waals surface area contributed by atoms with Gasteiger partial charge in [0, 0.05) is 32.4 Å². The van der Waals surface area contributed by atoms with E-state index in [1.807, 2.05) is 0 Å². The summed E-state index contributed by atoms with van der Waals surface area (Å²) in [6, 6.07) is 6.55. The average molecular weight is 234 g/mol. The van der Waals surface area contributed by atoms with Crippen molar-refractivity contribution in [2.45, 2.75) is 32.4 Å². The van der Waals surface area contributed by atoms with Gasteiger partial charge < -0.3 is 15.4 Å². The smallest absolute Gasteiger partial charge is 0.0746 e. The van der Waals surface area contributed by atoms with Crippen molar-refractivity contribution >= 4 is 5.69 Å². The van der Waals surface area contributed by atoms with E-state index in [0.717, 1.165) is 13.1 Å². The molecule has 1 saturated heterocycles. The number of rotatable bonds is 3. The predicted octanol–water partition coefficient (Wildman–Crippen LogP) is 2.07. The fourth-order valence-corrected chi connectivity index (χ4v) is 2.47. The largest absolute Gasteiger partial charge is 0.380 e. The molecule has 94 valence electrons. The molecular formula is C14H22N2O.